The summed E-state index contributed by atoms with van der Waals surface area (Å²) in [4.78, 5) is 0. The van der Waals surface area contributed by atoms with Crippen LogP contribution in [0.4, 0.5) is 0 Å². The van der Waals surface area contributed by atoms with Gasteiger partial charge in [-0.05, 0) is 98.1 Å². The summed E-state index contributed by atoms with van der Waals surface area (Å²) in [5.74, 6) is 3.41. The van der Waals surface area contributed by atoms with E-state index in [2.05, 4.69) is 43.3 Å². The SMILES string of the molecule is CNC[C@@H]1[C@@H]([C@@]2(C)Cc3cn[nH]c3C[C@@H]2CO)CC[C@]2(C)[C@@H](C)CC[C@@H]12. The van der Waals surface area contributed by atoms with Crippen LogP contribution in [0, 0.1) is 40.4 Å². The van der Waals surface area contributed by atoms with Gasteiger partial charge in [-0.2, -0.15) is 5.10 Å². The zero-order chi connectivity index (χ0) is 18.5. The van der Waals surface area contributed by atoms with Crippen molar-refractivity contribution in [3.8, 4) is 0 Å². The largest absolute Gasteiger partial charge is 0.396 e. The highest BCUT2D eigenvalue weighted by molar-refractivity contribution is 5.25. The fraction of sp³-hybridized carbons (Fsp3) is 0.864. The van der Waals surface area contributed by atoms with Gasteiger partial charge in [0.05, 0.1) is 6.20 Å². The van der Waals surface area contributed by atoms with E-state index >= 15 is 0 Å². The molecule has 0 radical (unpaired) electrons. The summed E-state index contributed by atoms with van der Waals surface area (Å²) in [5, 5.41) is 21.3. The van der Waals surface area contributed by atoms with Gasteiger partial charge in [0.15, 0.2) is 0 Å². The zero-order valence-corrected chi connectivity index (χ0v) is 17.0. The summed E-state index contributed by atoms with van der Waals surface area (Å²) < 4.78 is 0. The van der Waals surface area contributed by atoms with Crippen molar-refractivity contribution in [3.05, 3.63) is 17.5 Å². The van der Waals surface area contributed by atoms with E-state index in [0.29, 0.717) is 17.3 Å². The van der Waals surface area contributed by atoms with Crippen molar-refractivity contribution in [1.29, 1.82) is 0 Å². The highest BCUT2D eigenvalue weighted by Gasteiger charge is 2.57. The molecule has 0 amide bonds. The molecule has 4 heteroatoms. The highest BCUT2D eigenvalue weighted by Crippen LogP contribution is 2.63. The van der Waals surface area contributed by atoms with Crippen LogP contribution in [-0.2, 0) is 12.8 Å². The standard InChI is InChI=1S/C22H37N3O/c1-14-5-6-18-17(12-23-4)19(7-8-21(14,18)2)22(3)10-15-11-24-25-20(15)9-16(22)13-26/h11,14,16-19,23,26H,5-10,12-13H2,1-4H3,(H,24,25)/t14-,16+,17-,18-,19-,21+,22-/m0/s1. The summed E-state index contributed by atoms with van der Waals surface area (Å²) in [6.07, 6.45) is 9.48. The van der Waals surface area contributed by atoms with Gasteiger partial charge in [-0.25, -0.2) is 0 Å². The van der Waals surface area contributed by atoms with E-state index < -0.39 is 0 Å². The Labute approximate surface area is 158 Å². The molecule has 1 aromatic heterocycles. The van der Waals surface area contributed by atoms with Crippen molar-refractivity contribution in [1.82, 2.24) is 15.5 Å². The molecule has 0 aromatic carbocycles. The third-order valence-electron chi connectivity index (χ3n) is 9.18. The average molecular weight is 360 g/mol. The molecule has 3 aliphatic carbocycles. The number of aliphatic hydroxyl groups is 1. The number of aromatic amines is 1. The minimum Gasteiger partial charge on any atom is -0.396 e. The number of nitrogens with one attached hydrogen (secondary N) is 2. The fourth-order valence-corrected chi connectivity index (χ4v) is 7.30. The van der Waals surface area contributed by atoms with E-state index in [1.54, 1.807) is 0 Å². The van der Waals surface area contributed by atoms with E-state index in [4.69, 9.17) is 0 Å². The third kappa shape index (κ3) is 2.59. The van der Waals surface area contributed by atoms with Crippen molar-refractivity contribution < 1.29 is 5.11 Å². The quantitative estimate of drug-likeness (QED) is 0.772. The Morgan fingerprint density at radius 2 is 2.00 bits per heavy atom. The van der Waals surface area contributed by atoms with Gasteiger partial charge < -0.3 is 10.4 Å². The molecule has 26 heavy (non-hydrogen) atoms. The Morgan fingerprint density at radius 3 is 2.73 bits per heavy atom. The maximum absolute atomic E-state index is 10.3. The molecule has 0 unspecified atom stereocenters. The first-order chi connectivity index (χ1) is 12.4. The lowest BCUT2D eigenvalue weighted by molar-refractivity contribution is -0.0709. The Kier molecular flexibility index (Phi) is 4.71. The first-order valence-corrected chi connectivity index (χ1v) is 10.7. The molecule has 0 bridgehead atoms. The second kappa shape index (κ2) is 6.63. The number of hydrogen-bond acceptors (Lipinski definition) is 3. The van der Waals surface area contributed by atoms with Crippen molar-refractivity contribution in [2.45, 2.75) is 59.3 Å². The Morgan fingerprint density at radius 1 is 1.23 bits per heavy atom. The average Bonchev–Trinajstić information content (AvgIpc) is 3.18. The molecule has 0 saturated heterocycles. The summed E-state index contributed by atoms with van der Waals surface area (Å²) in [6, 6.07) is 0. The number of aromatic nitrogens is 2. The van der Waals surface area contributed by atoms with Gasteiger partial charge in [0.2, 0.25) is 0 Å². The van der Waals surface area contributed by atoms with Crippen LogP contribution < -0.4 is 5.32 Å². The first kappa shape index (κ1) is 18.5. The molecule has 0 spiro atoms. The van der Waals surface area contributed by atoms with Crippen LogP contribution in [0.2, 0.25) is 0 Å². The minimum atomic E-state index is 0.167. The van der Waals surface area contributed by atoms with Crippen LogP contribution in [0.3, 0.4) is 0 Å². The van der Waals surface area contributed by atoms with Gasteiger partial charge in [-0.15, -0.1) is 0 Å². The number of hydrogen-bond donors (Lipinski definition) is 3. The van der Waals surface area contributed by atoms with Crippen molar-refractivity contribution in [2.75, 3.05) is 20.2 Å². The van der Waals surface area contributed by atoms with Gasteiger partial charge in [0.25, 0.3) is 0 Å². The normalized spacial score (nSPS) is 45.3. The maximum atomic E-state index is 10.3. The van der Waals surface area contributed by atoms with Crippen LogP contribution >= 0.6 is 0 Å². The fourth-order valence-electron chi connectivity index (χ4n) is 7.30. The van der Waals surface area contributed by atoms with Crippen LogP contribution in [-0.4, -0.2) is 35.5 Å². The molecular formula is C22H37N3O. The van der Waals surface area contributed by atoms with E-state index in [1.165, 1.54) is 36.9 Å². The number of nitrogens with zero attached hydrogens (tertiary/aromatic N) is 1. The monoisotopic (exact) mass is 359 g/mol. The molecule has 2 fully saturated rings. The van der Waals surface area contributed by atoms with Gasteiger partial charge in [0, 0.05) is 12.3 Å². The number of rotatable bonds is 4. The summed E-state index contributed by atoms with van der Waals surface area (Å²) in [6.45, 7) is 8.92. The van der Waals surface area contributed by atoms with Crippen LogP contribution in [0.25, 0.3) is 0 Å². The molecule has 2 saturated carbocycles. The van der Waals surface area contributed by atoms with Gasteiger partial charge in [-0.1, -0.05) is 20.8 Å². The molecule has 3 N–H and O–H groups in total. The van der Waals surface area contributed by atoms with Crippen molar-refractivity contribution >= 4 is 0 Å². The topological polar surface area (TPSA) is 60.9 Å². The zero-order valence-electron chi connectivity index (χ0n) is 17.0. The lowest BCUT2D eigenvalue weighted by Crippen LogP contribution is -2.53. The molecule has 1 aromatic rings. The Balaban J connectivity index is 1.69. The number of fused-ring (bicyclic) bond motifs is 2. The Hall–Kier alpha value is -0.870. The van der Waals surface area contributed by atoms with Crippen LogP contribution in [0.15, 0.2) is 6.20 Å². The lowest BCUT2D eigenvalue weighted by atomic mass is 9.49. The Bertz CT molecular complexity index is 643. The van der Waals surface area contributed by atoms with Crippen LogP contribution in [0.1, 0.15) is 57.7 Å². The summed E-state index contributed by atoms with van der Waals surface area (Å²) in [5.41, 5.74) is 3.31. The van der Waals surface area contributed by atoms with Crippen LogP contribution in [0.5, 0.6) is 0 Å². The van der Waals surface area contributed by atoms with E-state index in [1.807, 2.05) is 6.20 Å². The first-order valence-electron chi connectivity index (χ1n) is 10.7. The predicted octanol–water partition coefficient (Wildman–Crippen LogP) is 3.42. The smallest absolute Gasteiger partial charge is 0.0522 e. The van der Waals surface area contributed by atoms with Gasteiger partial charge in [0.1, 0.15) is 0 Å². The molecule has 146 valence electrons. The molecule has 4 rings (SSSR count). The van der Waals surface area contributed by atoms with Gasteiger partial charge in [-0.3, -0.25) is 5.10 Å². The third-order valence-corrected chi connectivity index (χ3v) is 9.18. The second-order valence-corrected chi connectivity index (χ2v) is 10.1. The molecule has 0 aliphatic heterocycles. The predicted molar refractivity (Wildman–Crippen MR) is 105 cm³/mol. The van der Waals surface area contributed by atoms with Crippen molar-refractivity contribution in [2.24, 2.45) is 40.4 Å². The molecule has 4 nitrogen and oxygen atoms in total. The summed E-state index contributed by atoms with van der Waals surface area (Å²) in [7, 11) is 2.11. The number of H-pyrrole nitrogens is 1. The highest BCUT2D eigenvalue weighted by atomic mass is 16.3. The lowest BCUT2D eigenvalue weighted by Gasteiger charge is -2.56. The molecule has 3 aliphatic rings. The summed E-state index contributed by atoms with van der Waals surface area (Å²) >= 11 is 0. The second-order valence-electron chi connectivity index (χ2n) is 10.1. The molecular weight excluding hydrogens is 322 g/mol. The van der Waals surface area contributed by atoms with E-state index in [-0.39, 0.29) is 12.0 Å². The number of aliphatic hydroxyl groups excluding tert-OH is 1. The molecule has 7 atom stereocenters. The minimum absolute atomic E-state index is 0.167. The maximum Gasteiger partial charge on any atom is 0.0522 e. The molecule has 1 heterocycles. The van der Waals surface area contributed by atoms with Gasteiger partial charge >= 0.3 is 0 Å². The van der Waals surface area contributed by atoms with E-state index in [9.17, 15) is 5.11 Å². The van der Waals surface area contributed by atoms with Crippen molar-refractivity contribution in [3.63, 3.8) is 0 Å². The van der Waals surface area contributed by atoms with E-state index in [0.717, 1.165) is 37.1 Å².